The molecule has 0 saturated carbocycles. The Kier molecular flexibility index (Phi) is 5.63. The van der Waals surface area contributed by atoms with E-state index in [2.05, 4.69) is 39.1 Å². The number of fused-ring (bicyclic) bond motifs is 2. The molecule has 0 spiro atoms. The van der Waals surface area contributed by atoms with Crippen molar-refractivity contribution in [1.29, 1.82) is 0 Å². The highest BCUT2D eigenvalue weighted by molar-refractivity contribution is 5.98. The topological polar surface area (TPSA) is 97.9 Å². The molecule has 3 aromatic carbocycles. The van der Waals surface area contributed by atoms with Crippen LogP contribution in [0.4, 0.5) is 17.2 Å². The number of hydrogen-bond acceptors (Lipinski definition) is 9. The third-order valence-electron chi connectivity index (χ3n) is 6.38. The van der Waals surface area contributed by atoms with E-state index in [0.717, 1.165) is 39.1 Å². The van der Waals surface area contributed by atoms with Crippen LogP contribution < -0.4 is 15.0 Å². The van der Waals surface area contributed by atoms with Gasteiger partial charge >= 0.3 is 0 Å². The van der Waals surface area contributed by atoms with Crippen molar-refractivity contribution in [1.82, 2.24) is 15.0 Å². The number of aromatic nitrogens is 3. The number of ether oxygens (including phenoxy) is 2. The first-order valence-electron chi connectivity index (χ1n) is 12.4. The van der Waals surface area contributed by atoms with Crippen LogP contribution in [0.1, 0.15) is 25.3 Å². The second-order valence-electron chi connectivity index (χ2n) is 10.0. The maximum absolute atomic E-state index is 6.14. The first-order valence-corrected chi connectivity index (χ1v) is 12.4. The summed E-state index contributed by atoms with van der Waals surface area (Å²) >= 11 is 0. The van der Waals surface area contributed by atoms with E-state index in [9.17, 15) is 0 Å². The molecule has 6 rings (SSSR count). The average molecular weight is 509 g/mol. The first kappa shape index (κ1) is 23.7. The molecule has 38 heavy (non-hydrogen) atoms. The number of aliphatic imine (C=N–C) groups is 1. The van der Waals surface area contributed by atoms with Gasteiger partial charge in [-0.15, -0.1) is 0 Å². The minimum atomic E-state index is -0.230. The lowest BCUT2D eigenvalue weighted by Crippen LogP contribution is -2.26. The SMILES string of the molecule is Cc1nc2ccc(Oc3ccc(Nc4ncnc5ccc(N(C)C6=NC(C)(C)CO6)cc45)cc3C)cc2o1. The van der Waals surface area contributed by atoms with Crippen molar-refractivity contribution < 1.29 is 13.9 Å². The van der Waals surface area contributed by atoms with Gasteiger partial charge in [0.05, 0.1) is 11.1 Å². The third kappa shape index (κ3) is 4.58. The number of oxazole rings is 1. The molecule has 1 aliphatic heterocycles. The van der Waals surface area contributed by atoms with Crippen LogP contribution in [0.2, 0.25) is 0 Å². The maximum Gasteiger partial charge on any atom is 0.292 e. The molecule has 0 amide bonds. The molecular weight excluding hydrogens is 480 g/mol. The zero-order valence-corrected chi connectivity index (χ0v) is 21.9. The molecule has 0 unspecified atom stereocenters. The van der Waals surface area contributed by atoms with Crippen LogP contribution in [0.15, 0.2) is 70.3 Å². The van der Waals surface area contributed by atoms with Gasteiger partial charge in [-0.25, -0.2) is 19.9 Å². The van der Waals surface area contributed by atoms with Gasteiger partial charge in [0.25, 0.3) is 6.02 Å². The normalized spacial score (nSPS) is 14.4. The molecule has 0 fully saturated rings. The zero-order valence-electron chi connectivity index (χ0n) is 21.9. The summed E-state index contributed by atoms with van der Waals surface area (Å²) in [6.07, 6.45) is 1.56. The fourth-order valence-corrected chi connectivity index (χ4v) is 4.39. The molecule has 192 valence electrons. The molecule has 0 atom stereocenters. The van der Waals surface area contributed by atoms with Crippen LogP contribution in [0, 0.1) is 13.8 Å². The monoisotopic (exact) mass is 508 g/mol. The zero-order chi connectivity index (χ0) is 26.4. The molecule has 1 aliphatic rings. The number of amidine groups is 1. The Labute approximate surface area is 220 Å². The smallest absolute Gasteiger partial charge is 0.292 e. The van der Waals surface area contributed by atoms with Gasteiger partial charge in [-0.2, -0.15) is 0 Å². The Morgan fingerprint density at radius 1 is 0.974 bits per heavy atom. The van der Waals surface area contributed by atoms with E-state index in [1.165, 1.54) is 0 Å². The predicted molar refractivity (Wildman–Crippen MR) is 149 cm³/mol. The summed E-state index contributed by atoms with van der Waals surface area (Å²) in [6.45, 7) is 8.50. The second kappa shape index (κ2) is 9.02. The first-order chi connectivity index (χ1) is 18.2. The van der Waals surface area contributed by atoms with Crippen LogP contribution in [0.5, 0.6) is 11.5 Å². The van der Waals surface area contributed by atoms with Crippen LogP contribution in [0.25, 0.3) is 22.0 Å². The van der Waals surface area contributed by atoms with Crippen LogP contribution in [0.3, 0.4) is 0 Å². The lowest BCUT2D eigenvalue weighted by molar-refractivity contribution is 0.275. The number of nitrogens with zero attached hydrogens (tertiary/aromatic N) is 5. The minimum absolute atomic E-state index is 0.230. The summed E-state index contributed by atoms with van der Waals surface area (Å²) < 4.78 is 17.6. The van der Waals surface area contributed by atoms with E-state index in [4.69, 9.17) is 13.9 Å². The van der Waals surface area contributed by atoms with Gasteiger partial charge in [0.1, 0.15) is 35.8 Å². The lowest BCUT2D eigenvalue weighted by Gasteiger charge is -2.19. The summed E-state index contributed by atoms with van der Waals surface area (Å²) in [4.78, 5) is 19.9. The molecular formula is C29H28N6O3. The summed E-state index contributed by atoms with van der Waals surface area (Å²) in [7, 11) is 1.95. The molecule has 0 radical (unpaired) electrons. The Bertz CT molecular complexity index is 1710. The number of aryl methyl sites for hydroxylation is 2. The van der Waals surface area contributed by atoms with Crippen molar-refractivity contribution in [3.8, 4) is 11.5 Å². The number of anilines is 3. The Balaban J connectivity index is 1.25. The van der Waals surface area contributed by atoms with Crippen molar-refractivity contribution in [2.75, 3.05) is 23.9 Å². The fourth-order valence-electron chi connectivity index (χ4n) is 4.39. The van der Waals surface area contributed by atoms with Gasteiger partial charge in [0.15, 0.2) is 11.5 Å². The number of rotatable bonds is 5. The number of benzene rings is 3. The van der Waals surface area contributed by atoms with E-state index < -0.39 is 0 Å². The predicted octanol–water partition coefficient (Wildman–Crippen LogP) is 6.52. The van der Waals surface area contributed by atoms with Gasteiger partial charge in [-0.05, 0) is 74.9 Å². The molecule has 3 heterocycles. The number of hydrogen-bond donors (Lipinski definition) is 1. The maximum atomic E-state index is 6.14. The van der Waals surface area contributed by atoms with Crippen LogP contribution >= 0.6 is 0 Å². The van der Waals surface area contributed by atoms with Crippen molar-refractivity contribution in [3.63, 3.8) is 0 Å². The van der Waals surface area contributed by atoms with Crippen molar-refractivity contribution in [3.05, 3.63) is 72.4 Å². The number of nitrogens with one attached hydrogen (secondary N) is 1. The second-order valence-corrected chi connectivity index (χ2v) is 10.0. The molecule has 0 bridgehead atoms. The van der Waals surface area contributed by atoms with Crippen LogP contribution in [-0.2, 0) is 4.74 Å². The molecule has 0 aliphatic carbocycles. The van der Waals surface area contributed by atoms with Gasteiger partial charge in [-0.3, -0.25) is 4.90 Å². The molecule has 2 aromatic heterocycles. The molecule has 9 nitrogen and oxygen atoms in total. The van der Waals surface area contributed by atoms with Crippen LogP contribution in [-0.4, -0.2) is 40.2 Å². The van der Waals surface area contributed by atoms with Gasteiger partial charge in [0.2, 0.25) is 0 Å². The van der Waals surface area contributed by atoms with Crippen molar-refractivity contribution >= 4 is 45.2 Å². The molecule has 9 heteroatoms. The molecule has 1 N–H and O–H groups in total. The van der Waals surface area contributed by atoms with E-state index in [0.29, 0.717) is 35.7 Å². The van der Waals surface area contributed by atoms with E-state index in [1.807, 2.05) is 80.4 Å². The van der Waals surface area contributed by atoms with E-state index in [1.54, 1.807) is 6.33 Å². The van der Waals surface area contributed by atoms with E-state index >= 15 is 0 Å². The highest BCUT2D eigenvalue weighted by Gasteiger charge is 2.29. The quantitative estimate of drug-likeness (QED) is 0.286. The minimum Gasteiger partial charge on any atom is -0.462 e. The summed E-state index contributed by atoms with van der Waals surface area (Å²) in [5, 5.41) is 4.34. The largest absolute Gasteiger partial charge is 0.462 e. The van der Waals surface area contributed by atoms with Crippen molar-refractivity contribution in [2.24, 2.45) is 4.99 Å². The van der Waals surface area contributed by atoms with Gasteiger partial charge in [0, 0.05) is 36.8 Å². The lowest BCUT2D eigenvalue weighted by atomic mass is 10.1. The Hall–Kier alpha value is -4.66. The van der Waals surface area contributed by atoms with Crippen molar-refractivity contribution in [2.45, 2.75) is 33.2 Å². The average Bonchev–Trinajstić information content (AvgIpc) is 3.45. The van der Waals surface area contributed by atoms with Gasteiger partial charge < -0.3 is 19.2 Å². The Morgan fingerprint density at radius 2 is 1.82 bits per heavy atom. The van der Waals surface area contributed by atoms with Gasteiger partial charge in [-0.1, -0.05) is 0 Å². The summed E-state index contributed by atoms with van der Waals surface area (Å²) in [5.41, 5.74) is 4.92. The molecule has 0 saturated heterocycles. The molecule has 5 aromatic rings. The summed E-state index contributed by atoms with van der Waals surface area (Å²) in [5.74, 6) is 2.78. The third-order valence-corrected chi connectivity index (χ3v) is 6.38. The summed E-state index contributed by atoms with van der Waals surface area (Å²) in [6, 6.07) is 18.2. The fraction of sp³-hybridized carbons (Fsp3) is 0.241. The highest BCUT2D eigenvalue weighted by atomic mass is 16.5. The Morgan fingerprint density at radius 3 is 2.61 bits per heavy atom. The highest BCUT2D eigenvalue weighted by Crippen LogP contribution is 2.32. The standard InChI is InChI=1S/C29H28N6O3/c1-17-12-19(6-11-25(17)38-21-8-10-24-26(14-21)37-18(2)32-24)33-27-22-13-20(7-9-23(22)30-16-31-27)35(5)28-34-29(3,4)15-36-28/h6-14,16H,15H2,1-5H3,(H,30,31,33). The van der Waals surface area contributed by atoms with E-state index in [-0.39, 0.29) is 5.54 Å².